The minimum absolute atomic E-state index is 0.0587. The second-order valence-electron chi connectivity index (χ2n) is 6.80. The number of hydrogen-bond donors (Lipinski definition) is 2. The van der Waals surface area contributed by atoms with Gasteiger partial charge in [0.2, 0.25) is 10.0 Å². The summed E-state index contributed by atoms with van der Waals surface area (Å²) in [4.78, 5) is 0.828. The number of alkyl halides is 3. The zero-order valence-electron chi connectivity index (χ0n) is 16.8. The fourth-order valence-electron chi connectivity index (χ4n) is 2.76. The van der Waals surface area contributed by atoms with Crippen LogP contribution in [-0.2, 0) is 16.4 Å². The Kier molecular flexibility index (Phi) is 8.06. The van der Waals surface area contributed by atoms with E-state index in [0.29, 0.717) is 12.8 Å². The predicted molar refractivity (Wildman–Crippen MR) is 110 cm³/mol. The van der Waals surface area contributed by atoms with E-state index in [1.54, 1.807) is 26.0 Å². The second kappa shape index (κ2) is 9.93. The van der Waals surface area contributed by atoms with Crippen LogP contribution in [0.15, 0.2) is 46.2 Å². The van der Waals surface area contributed by atoms with Gasteiger partial charge in [-0.2, -0.15) is 0 Å². The summed E-state index contributed by atoms with van der Waals surface area (Å²) in [6, 6.07) is 8.38. The van der Waals surface area contributed by atoms with Crippen molar-refractivity contribution in [3.63, 3.8) is 0 Å². The maximum Gasteiger partial charge on any atom is 0.573 e. The molecule has 0 aromatic heterocycles. The normalized spacial score (nSPS) is 13.3. The maximum absolute atomic E-state index is 12.8. The number of thioether (sulfide) groups is 1. The second-order valence-corrected chi connectivity index (χ2v) is 10.0. The summed E-state index contributed by atoms with van der Waals surface area (Å²) < 4.78 is 69.3. The standard InChI is InChI=1S/C20H24F3NO4S2/c1-4-5-15-11-16(28-20(21,22)23)6-9-19(15)30(26,27)24-12-14(3)29-17-7-8-18(25)13(2)10-17/h6-11,14,24-25H,4-5,12H2,1-3H3. The van der Waals surface area contributed by atoms with Crippen molar-refractivity contribution in [1.29, 1.82) is 0 Å². The van der Waals surface area contributed by atoms with Gasteiger partial charge in [0.05, 0.1) is 4.90 Å². The molecule has 2 aromatic carbocycles. The molecule has 1 atom stereocenters. The molecule has 0 saturated carbocycles. The number of halogens is 3. The van der Waals surface area contributed by atoms with Crippen molar-refractivity contribution < 1.29 is 31.4 Å². The van der Waals surface area contributed by atoms with Gasteiger partial charge in [-0.3, -0.25) is 0 Å². The largest absolute Gasteiger partial charge is 0.573 e. The summed E-state index contributed by atoms with van der Waals surface area (Å²) in [5.74, 6) is -0.259. The number of nitrogens with one attached hydrogen (secondary N) is 1. The number of sulfonamides is 1. The van der Waals surface area contributed by atoms with Crippen LogP contribution in [0, 0.1) is 6.92 Å². The summed E-state index contributed by atoms with van der Waals surface area (Å²) in [6.45, 7) is 5.55. The van der Waals surface area contributed by atoms with E-state index in [1.165, 1.54) is 11.8 Å². The lowest BCUT2D eigenvalue weighted by Gasteiger charge is -2.16. The number of ether oxygens (including phenoxy) is 1. The van der Waals surface area contributed by atoms with Crippen molar-refractivity contribution in [2.45, 2.75) is 55.0 Å². The third-order valence-electron chi connectivity index (χ3n) is 4.14. The van der Waals surface area contributed by atoms with Crippen LogP contribution in [0.2, 0.25) is 0 Å². The van der Waals surface area contributed by atoms with Crippen LogP contribution in [0.3, 0.4) is 0 Å². The average molecular weight is 464 g/mol. The van der Waals surface area contributed by atoms with Crippen LogP contribution in [0.4, 0.5) is 13.2 Å². The first-order valence-corrected chi connectivity index (χ1v) is 11.6. The number of rotatable bonds is 9. The molecule has 0 radical (unpaired) electrons. The van der Waals surface area contributed by atoms with Crippen LogP contribution >= 0.6 is 11.8 Å². The molecular formula is C20H24F3NO4S2. The van der Waals surface area contributed by atoms with E-state index in [0.717, 1.165) is 28.7 Å². The van der Waals surface area contributed by atoms with Crippen LogP contribution in [0.1, 0.15) is 31.4 Å². The third-order valence-corrected chi connectivity index (χ3v) is 6.76. The van der Waals surface area contributed by atoms with E-state index >= 15 is 0 Å². The molecule has 30 heavy (non-hydrogen) atoms. The molecule has 5 nitrogen and oxygen atoms in total. The Hall–Kier alpha value is -1.91. The van der Waals surface area contributed by atoms with Crippen molar-refractivity contribution in [3.05, 3.63) is 47.5 Å². The van der Waals surface area contributed by atoms with Gasteiger partial charge in [-0.25, -0.2) is 13.1 Å². The summed E-state index contributed by atoms with van der Waals surface area (Å²) in [6.07, 6.45) is -3.99. The molecule has 10 heteroatoms. The van der Waals surface area contributed by atoms with Crippen molar-refractivity contribution in [2.24, 2.45) is 0 Å². The zero-order valence-corrected chi connectivity index (χ0v) is 18.4. The van der Waals surface area contributed by atoms with E-state index in [9.17, 15) is 26.7 Å². The molecule has 166 valence electrons. The van der Waals surface area contributed by atoms with Gasteiger partial charge < -0.3 is 9.84 Å². The van der Waals surface area contributed by atoms with E-state index in [1.807, 2.05) is 13.0 Å². The molecule has 0 amide bonds. The van der Waals surface area contributed by atoms with Gasteiger partial charge in [0, 0.05) is 16.7 Å². The van der Waals surface area contributed by atoms with Crippen LogP contribution in [0.5, 0.6) is 11.5 Å². The Morgan fingerprint density at radius 3 is 2.50 bits per heavy atom. The first-order chi connectivity index (χ1) is 13.9. The molecule has 0 spiro atoms. The minimum atomic E-state index is -4.85. The topological polar surface area (TPSA) is 75.6 Å². The van der Waals surface area contributed by atoms with Gasteiger partial charge in [0.15, 0.2) is 0 Å². The number of aromatic hydroxyl groups is 1. The molecule has 0 heterocycles. The van der Waals surface area contributed by atoms with Crippen LogP contribution in [-0.4, -0.2) is 31.7 Å². The highest BCUT2D eigenvalue weighted by molar-refractivity contribution is 8.00. The van der Waals surface area contributed by atoms with Gasteiger partial charge in [-0.1, -0.05) is 20.3 Å². The van der Waals surface area contributed by atoms with Gasteiger partial charge in [-0.05, 0) is 60.9 Å². The lowest BCUT2D eigenvalue weighted by molar-refractivity contribution is -0.274. The molecular weight excluding hydrogens is 439 g/mol. The molecule has 0 aliphatic heterocycles. The maximum atomic E-state index is 12.8. The lowest BCUT2D eigenvalue weighted by Crippen LogP contribution is -2.30. The number of aryl methyl sites for hydroxylation is 2. The van der Waals surface area contributed by atoms with Crippen LogP contribution in [0.25, 0.3) is 0 Å². The molecule has 0 aliphatic rings. The number of hydrogen-bond acceptors (Lipinski definition) is 5. The predicted octanol–water partition coefficient (Wildman–Crippen LogP) is 5.01. The first-order valence-electron chi connectivity index (χ1n) is 9.26. The highest BCUT2D eigenvalue weighted by Crippen LogP contribution is 2.29. The Bertz CT molecular complexity index is 979. The molecule has 2 rings (SSSR count). The summed E-state index contributed by atoms with van der Waals surface area (Å²) >= 11 is 1.44. The van der Waals surface area contributed by atoms with E-state index in [2.05, 4.69) is 9.46 Å². The molecule has 0 aliphatic carbocycles. The first kappa shape index (κ1) is 24.4. The Morgan fingerprint density at radius 1 is 1.20 bits per heavy atom. The number of phenols is 1. The minimum Gasteiger partial charge on any atom is -0.508 e. The molecule has 2 N–H and O–H groups in total. The third kappa shape index (κ3) is 7.10. The molecule has 0 bridgehead atoms. The summed E-state index contributed by atoms with van der Waals surface area (Å²) in [5, 5.41) is 9.47. The number of benzene rings is 2. The monoisotopic (exact) mass is 463 g/mol. The Balaban J connectivity index is 2.12. The van der Waals surface area contributed by atoms with Gasteiger partial charge >= 0.3 is 6.36 Å². The van der Waals surface area contributed by atoms with Crippen molar-refractivity contribution >= 4 is 21.8 Å². The summed E-state index contributed by atoms with van der Waals surface area (Å²) in [5.41, 5.74) is 0.986. The smallest absolute Gasteiger partial charge is 0.508 e. The Labute approximate surface area is 178 Å². The lowest BCUT2D eigenvalue weighted by atomic mass is 10.1. The van der Waals surface area contributed by atoms with Gasteiger partial charge in [-0.15, -0.1) is 24.9 Å². The fraction of sp³-hybridized carbons (Fsp3) is 0.400. The Morgan fingerprint density at radius 2 is 1.90 bits per heavy atom. The molecule has 0 saturated heterocycles. The SMILES string of the molecule is CCCc1cc(OC(F)(F)F)ccc1S(=O)(=O)NCC(C)Sc1ccc(O)c(C)c1. The van der Waals surface area contributed by atoms with E-state index in [4.69, 9.17) is 0 Å². The molecule has 0 fully saturated rings. The number of phenolic OH excluding ortho intramolecular Hbond substituents is 1. The van der Waals surface area contributed by atoms with Crippen molar-refractivity contribution in [1.82, 2.24) is 4.72 Å². The highest BCUT2D eigenvalue weighted by Gasteiger charge is 2.31. The van der Waals surface area contributed by atoms with E-state index in [-0.39, 0.29) is 28.0 Å². The van der Waals surface area contributed by atoms with Gasteiger partial charge in [0.1, 0.15) is 11.5 Å². The zero-order chi connectivity index (χ0) is 22.5. The van der Waals surface area contributed by atoms with Gasteiger partial charge in [0.25, 0.3) is 0 Å². The average Bonchev–Trinajstić information content (AvgIpc) is 2.62. The van der Waals surface area contributed by atoms with Crippen LogP contribution < -0.4 is 9.46 Å². The molecule has 2 aromatic rings. The van der Waals surface area contributed by atoms with Crippen molar-refractivity contribution in [2.75, 3.05) is 6.54 Å². The van der Waals surface area contributed by atoms with E-state index < -0.39 is 22.1 Å². The highest BCUT2D eigenvalue weighted by atomic mass is 32.2. The fourth-order valence-corrected chi connectivity index (χ4v) is 5.27. The molecule has 1 unspecified atom stereocenters. The summed E-state index contributed by atoms with van der Waals surface area (Å²) in [7, 11) is -3.92. The quantitative estimate of drug-likeness (QED) is 0.511. The van der Waals surface area contributed by atoms with Crippen molar-refractivity contribution in [3.8, 4) is 11.5 Å².